The first-order chi connectivity index (χ1) is 12.3. The highest BCUT2D eigenvalue weighted by atomic mass is 16.5. The van der Waals surface area contributed by atoms with E-state index in [1.807, 2.05) is 12.1 Å². The fraction of sp³-hybridized carbons (Fsp3) is 0.286. The van der Waals surface area contributed by atoms with E-state index in [2.05, 4.69) is 19.2 Å². The molecule has 0 aromatic heterocycles. The van der Waals surface area contributed by atoms with E-state index < -0.39 is 5.97 Å². The topological polar surface area (TPSA) is 72.5 Å². The third kappa shape index (κ3) is 5.84. The summed E-state index contributed by atoms with van der Waals surface area (Å²) in [4.78, 5) is 35.0. The van der Waals surface area contributed by atoms with Crippen molar-refractivity contribution in [2.75, 3.05) is 11.9 Å². The number of hydrogen-bond donors (Lipinski definition) is 1. The van der Waals surface area contributed by atoms with Crippen LogP contribution in [0.25, 0.3) is 0 Å². The van der Waals surface area contributed by atoms with Gasteiger partial charge in [0.2, 0.25) is 5.91 Å². The average molecular weight is 353 g/mol. The lowest BCUT2D eigenvalue weighted by atomic mass is 10.0. The highest BCUT2D eigenvalue weighted by Crippen LogP contribution is 2.15. The summed E-state index contributed by atoms with van der Waals surface area (Å²) >= 11 is 0. The van der Waals surface area contributed by atoms with Gasteiger partial charge in [0.1, 0.15) is 0 Å². The quantitative estimate of drug-likeness (QED) is 0.608. The molecule has 0 aliphatic carbocycles. The van der Waals surface area contributed by atoms with Crippen molar-refractivity contribution in [2.45, 2.75) is 33.1 Å². The number of Topliss-reactive ketones (excluding diaryl/α,β-unsaturated/α-hetero) is 1. The van der Waals surface area contributed by atoms with Crippen molar-refractivity contribution in [3.05, 3.63) is 65.2 Å². The number of ether oxygens (including phenoxy) is 1. The molecule has 0 aliphatic heterocycles. The Kier molecular flexibility index (Phi) is 6.67. The molecule has 5 heteroatoms. The molecule has 26 heavy (non-hydrogen) atoms. The SMILES string of the molecule is CC(=O)Nc1ccc(CC(=O)OCC(=O)c2ccc(C(C)C)cc2)cc1. The van der Waals surface area contributed by atoms with E-state index in [-0.39, 0.29) is 24.7 Å². The summed E-state index contributed by atoms with van der Waals surface area (Å²) < 4.78 is 5.08. The smallest absolute Gasteiger partial charge is 0.310 e. The number of esters is 1. The van der Waals surface area contributed by atoms with E-state index in [9.17, 15) is 14.4 Å². The predicted octanol–water partition coefficient (Wildman–Crippen LogP) is 3.74. The van der Waals surface area contributed by atoms with Gasteiger partial charge in [-0.25, -0.2) is 0 Å². The van der Waals surface area contributed by atoms with Crippen molar-refractivity contribution in [1.82, 2.24) is 0 Å². The van der Waals surface area contributed by atoms with Crippen molar-refractivity contribution >= 4 is 23.3 Å². The van der Waals surface area contributed by atoms with E-state index in [4.69, 9.17) is 4.74 Å². The molecule has 0 bridgehead atoms. The molecule has 2 aromatic rings. The molecule has 2 aromatic carbocycles. The summed E-state index contributed by atoms with van der Waals surface area (Å²) in [5.41, 5.74) is 3.09. The lowest BCUT2D eigenvalue weighted by Gasteiger charge is -2.08. The van der Waals surface area contributed by atoms with Gasteiger partial charge in [0, 0.05) is 18.2 Å². The Morgan fingerprint density at radius 2 is 1.58 bits per heavy atom. The second-order valence-corrected chi connectivity index (χ2v) is 6.42. The maximum Gasteiger partial charge on any atom is 0.310 e. The lowest BCUT2D eigenvalue weighted by molar-refractivity contribution is -0.141. The maximum absolute atomic E-state index is 12.1. The van der Waals surface area contributed by atoms with Gasteiger partial charge in [0.15, 0.2) is 12.4 Å². The highest BCUT2D eigenvalue weighted by Gasteiger charge is 2.11. The number of carbonyl (C=O) groups excluding carboxylic acids is 3. The van der Waals surface area contributed by atoms with Crippen LogP contribution in [0.2, 0.25) is 0 Å². The van der Waals surface area contributed by atoms with Gasteiger partial charge in [-0.1, -0.05) is 50.2 Å². The molecule has 136 valence electrons. The van der Waals surface area contributed by atoms with Gasteiger partial charge >= 0.3 is 5.97 Å². The second kappa shape index (κ2) is 8.94. The Hall–Kier alpha value is -2.95. The molecule has 1 N–H and O–H groups in total. The summed E-state index contributed by atoms with van der Waals surface area (Å²) in [7, 11) is 0. The molecule has 0 spiro atoms. The summed E-state index contributed by atoms with van der Waals surface area (Å²) in [6, 6.07) is 14.2. The van der Waals surface area contributed by atoms with Gasteiger partial charge in [-0.05, 0) is 29.2 Å². The molecule has 0 atom stereocenters. The first-order valence-corrected chi connectivity index (χ1v) is 8.50. The van der Waals surface area contributed by atoms with Crippen LogP contribution in [0.3, 0.4) is 0 Å². The molecule has 0 saturated heterocycles. The molecular formula is C21H23NO4. The minimum atomic E-state index is -0.468. The van der Waals surface area contributed by atoms with Gasteiger partial charge in [0.05, 0.1) is 6.42 Å². The van der Waals surface area contributed by atoms with Crippen LogP contribution in [0.15, 0.2) is 48.5 Å². The van der Waals surface area contributed by atoms with Crippen molar-refractivity contribution in [2.24, 2.45) is 0 Å². The number of hydrogen-bond acceptors (Lipinski definition) is 4. The average Bonchev–Trinajstić information content (AvgIpc) is 2.61. The van der Waals surface area contributed by atoms with E-state index in [1.165, 1.54) is 6.92 Å². The Bertz CT molecular complexity index is 777. The third-order valence-corrected chi connectivity index (χ3v) is 3.89. The molecule has 2 rings (SSSR count). The van der Waals surface area contributed by atoms with Crippen LogP contribution in [-0.4, -0.2) is 24.3 Å². The molecule has 0 unspecified atom stereocenters. The Morgan fingerprint density at radius 1 is 0.962 bits per heavy atom. The summed E-state index contributed by atoms with van der Waals surface area (Å²) in [5, 5.41) is 2.65. The first kappa shape index (κ1) is 19.4. The van der Waals surface area contributed by atoms with E-state index in [0.29, 0.717) is 17.2 Å². The van der Waals surface area contributed by atoms with Gasteiger partial charge in [-0.15, -0.1) is 0 Å². The minimum absolute atomic E-state index is 0.0694. The molecule has 1 amide bonds. The fourth-order valence-electron chi connectivity index (χ4n) is 2.41. The first-order valence-electron chi connectivity index (χ1n) is 8.50. The zero-order valence-corrected chi connectivity index (χ0v) is 15.2. The van der Waals surface area contributed by atoms with Crippen LogP contribution in [-0.2, 0) is 20.7 Å². The third-order valence-electron chi connectivity index (χ3n) is 3.89. The fourth-order valence-corrected chi connectivity index (χ4v) is 2.41. The van der Waals surface area contributed by atoms with E-state index >= 15 is 0 Å². The predicted molar refractivity (Wildman–Crippen MR) is 100 cm³/mol. The van der Waals surface area contributed by atoms with Gasteiger partial charge < -0.3 is 10.1 Å². The number of amides is 1. The molecule has 5 nitrogen and oxygen atoms in total. The van der Waals surface area contributed by atoms with Crippen LogP contribution >= 0.6 is 0 Å². The molecule has 0 aliphatic rings. The van der Waals surface area contributed by atoms with Crippen molar-refractivity contribution in [3.8, 4) is 0 Å². The van der Waals surface area contributed by atoms with Crippen LogP contribution in [0.5, 0.6) is 0 Å². The van der Waals surface area contributed by atoms with Crippen molar-refractivity contribution < 1.29 is 19.1 Å². The van der Waals surface area contributed by atoms with E-state index in [0.717, 1.165) is 11.1 Å². The monoisotopic (exact) mass is 353 g/mol. The van der Waals surface area contributed by atoms with Crippen LogP contribution < -0.4 is 5.32 Å². The standard InChI is InChI=1S/C21H23NO4/c1-14(2)17-6-8-18(9-7-17)20(24)13-26-21(25)12-16-4-10-19(11-5-16)22-15(3)23/h4-11,14H,12-13H2,1-3H3,(H,22,23). The number of benzene rings is 2. The molecule has 0 fully saturated rings. The normalized spacial score (nSPS) is 10.5. The minimum Gasteiger partial charge on any atom is -0.457 e. The Balaban J connectivity index is 1.84. The summed E-state index contributed by atoms with van der Waals surface area (Å²) in [6.07, 6.45) is 0.0694. The zero-order chi connectivity index (χ0) is 19.1. The molecule has 0 heterocycles. The maximum atomic E-state index is 12.1. The number of rotatable bonds is 7. The lowest BCUT2D eigenvalue weighted by Crippen LogP contribution is -2.15. The Morgan fingerprint density at radius 3 is 2.12 bits per heavy atom. The van der Waals surface area contributed by atoms with Crippen LogP contribution in [0.1, 0.15) is 48.2 Å². The number of anilines is 1. The van der Waals surface area contributed by atoms with Gasteiger partial charge in [-0.2, -0.15) is 0 Å². The van der Waals surface area contributed by atoms with Crippen LogP contribution in [0, 0.1) is 0 Å². The van der Waals surface area contributed by atoms with Gasteiger partial charge in [0.25, 0.3) is 0 Å². The molecular weight excluding hydrogens is 330 g/mol. The second-order valence-electron chi connectivity index (χ2n) is 6.42. The highest BCUT2D eigenvalue weighted by molar-refractivity contribution is 5.98. The van der Waals surface area contributed by atoms with Crippen molar-refractivity contribution in [3.63, 3.8) is 0 Å². The molecule has 0 radical (unpaired) electrons. The van der Waals surface area contributed by atoms with Gasteiger partial charge in [-0.3, -0.25) is 14.4 Å². The molecule has 0 saturated carbocycles. The Labute approximate surface area is 153 Å². The van der Waals surface area contributed by atoms with Crippen LogP contribution in [0.4, 0.5) is 5.69 Å². The largest absolute Gasteiger partial charge is 0.457 e. The summed E-state index contributed by atoms with van der Waals surface area (Å²) in [6.45, 7) is 5.32. The number of nitrogens with one attached hydrogen (secondary N) is 1. The number of ketones is 1. The van der Waals surface area contributed by atoms with Crippen molar-refractivity contribution in [1.29, 1.82) is 0 Å². The number of carbonyl (C=O) groups is 3. The summed E-state index contributed by atoms with van der Waals surface area (Å²) in [5.74, 6) is -0.454. The van der Waals surface area contributed by atoms with E-state index in [1.54, 1.807) is 36.4 Å². The zero-order valence-electron chi connectivity index (χ0n) is 15.2.